The molecule has 1 aromatic heterocycles. The molecule has 1 N–H and O–H groups in total. The van der Waals surface area contributed by atoms with Gasteiger partial charge in [0.25, 0.3) is 5.91 Å². The first-order valence-corrected chi connectivity index (χ1v) is 12.2. The zero-order valence-corrected chi connectivity index (χ0v) is 20.9. The lowest BCUT2D eigenvalue weighted by molar-refractivity contribution is -0.115. The van der Waals surface area contributed by atoms with Crippen molar-refractivity contribution < 1.29 is 19.1 Å². The summed E-state index contributed by atoms with van der Waals surface area (Å²) in [5.74, 6) is 0.425. The number of nitrogens with zero attached hydrogens (tertiary/aromatic N) is 3. The first kappa shape index (κ1) is 25.1. The van der Waals surface area contributed by atoms with E-state index in [2.05, 4.69) is 29.0 Å². The number of thiazole rings is 1. The highest BCUT2D eigenvalue weighted by Gasteiger charge is 2.28. The van der Waals surface area contributed by atoms with Crippen LogP contribution in [0.3, 0.4) is 0 Å². The third-order valence-electron chi connectivity index (χ3n) is 6.00. The average molecular weight is 475 g/mol. The molecule has 0 radical (unpaired) electrons. The van der Waals surface area contributed by atoms with E-state index in [9.17, 15) is 9.59 Å². The SMILES string of the molecule is CCC(=O)Nc1ccc2c(c1)OC[C@@H](C)N(Cc1nccs1)C[C@@H](C)[C@@H](OC)CN(C)C2=O. The van der Waals surface area contributed by atoms with Crippen molar-refractivity contribution >= 4 is 28.8 Å². The number of fused-ring (bicyclic) bond motifs is 1. The van der Waals surface area contributed by atoms with E-state index in [1.807, 2.05) is 11.6 Å². The quantitative estimate of drug-likeness (QED) is 0.714. The Morgan fingerprint density at radius 1 is 1.33 bits per heavy atom. The van der Waals surface area contributed by atoms with E-state index in [4.69, 9.17) is 9.47 Å². The lowest BCUT2D eigenvalue weighted by Gasteiger charge is -2.35. The van der Waals surface area contributed by atoms with Crippen molar-refractivity contribution in [2.75, 3.05) is 39.2 Å². The molecule has 3 rings (SSSR count). The Kier molecular flexibility index (Phi) is 8.82. The molecule has 3 atom stereocenters. The van der Waals surface area contributed by atoms with Crippen LogP contribution < -0.4 is 10.1 Å². The fourth-order valence-electron chi connectivity index (χ4n) is 3.90. The highest BCUT2D eigenvalue weighted by molar-refractivity contribution is 7.09. The highest BCUT2D eigenvalue weighted by Crippen LogP contribution is 2.27. The van der Waals surface area contributed by atoms with Crippen molar-refractivity contribution in [3.05, 3.63) is 40.3 Å². The number of anilines is 1. The van der Waals surface area contributed by atoms with Gasteiger partial charge in [0, 0.05) is 63.0 Å². The molecule has 1 aromatic carbocycles. The van der Waals surface area contributed by atoms with Crippen LogP contribution in [0.5, 0.6) is 5.75 Å². The van der Waals surface area contributed by atoms with Gasteiger partial charge in [-0.1, -0.05) is 13.8 Å². The van der Waals surface area contributed by atoms with Gasteiger partial charge in [-0.3, -0.25) is 14.5 Å². The third kappa shape index (κ3) is 6.52. The number of rotatable bonds is 5. The molecule has 0 fully saturated rings. The monoisotopic (exact) mass is 474 g/mol. The van der Waals surface area contributed by atoms with E-state index in [-0.39, 0.29) is 29.9 Å². The summed E-state index contributed by atoms with van der Waals surface area (Å²) in [5, 5.41) is 5.88. The van der Waals surface area contributed by atoms with Crippen LogP contribution in [0.1, 0.15) is 42.6 Å². The van der Waals surface area contributed by atoms with Gasteiger partial charge in [-0.25, -0.2) is 4.98 Å². The number of likely N-dealkylation sites (N-methyl/N-ethyl adjacent to an activating group) is 1. The van der Waals surface area contributed by atoms with Crippen molar-refractivity contribution in [3.8, 4) is 5.75 Å². The van der Waals surface area contributed by atoms with Crippen LogP contribution in [0, 0.1) is 5.92 Å². The molecular formula is C24H34N4O4S. The minimum atomic E-state index is -0.138. The Labute approximate surface area is 199 Å². The molecule has 8 nitrogen and oxygen atoms in total. The number of carbonyl (C=O) groups excluding carboxylic acids is 2. The van der Waals surface area contributed by atoms with Crippen LogP contribution in [0.2, 0.25) is 0 Å². The standard InChI is InChI=1S/C24H34N4O4S/c1-6-22(29)26-18-7-8-19-20(11-18)32-15-17(3)28(14-23-25-9-10-33-23)12-16(2)21(31-5)13-27(4)24(19)30/h7-11,16-17,21H,6,12-15H2,1-5H3,(H,26,29)/t16-,17-,21+/m1/s1. The molecule has 0 saturated carbocycles. The first-order valence-electron chi connectivity index (χ1n) is 11.3. The van der Waals surface area contributed by atoms with Crippen LogP contribution >= 0.6 is 11.3 Å². The molecule has 0 spiro atoms. The summed E-state index contributed by atoms with van der Waals surface area (Å²) >= 11 is 1.64. The third-order valence-corrected chi connectivity index (χ3v) is 6.77. The number of aromatic nitrogens is 1. The Bertz CT molecular complexity index is 937. The maximum absolute atomic E-state index is 13.3. The van der Waals surface area contributed by atoms with Gasteiger partial charge in [0.05, 0.1) is 18.2 Å². The molecule has 2 aromatic rings. The molecule has 2 amide bonds. The Hall–Kier alpha value is -2.49. The van der Waals surface area contributed by atoms with Crippen LogP contribution in [-0.2, 0) is 16.1 Å². The number of ether oxygens (including phenoxy) is 2. The summed E-state index contributed by atoms with van der Waals surface area (Å²) < 4.78 is 12.0. The van der Waals surface area contributed by atoms with Gasteiger partial charge in [-0.15, -0.1) is 11.3 Å². The van der Waals surface area contributed by atoms with E-state index < -0.39 is 0 Å². The number of carbonyl (C=O) groups is 2. The molecule has 1 aliphatic rings. The molecule has 0 unspecified atom stereocenters. The van der Waals surface area contributed by atoms with Gasteiger partial charge < -0.3 is 19.7 Å². The first-order chi connectivity index (χ1) is 15.8. The second-order valence-electron chi connectivity index (χ2n) is 8.57. The van der Waals surface area contributed by atoms with Gasteiger partial charge in [0.2, 0.25) is 5.91 Å². The number of hydrogen-bond donors (Lipinski definition) is 1. The molecular weight excluding hydrogens is 440 g/mol. The second kappa shape index (κ2) is 11.6. The van der Waals surface area contributed by atoms with E-state index in [1.165, 1.54) is 0 Å². The minimum Gasteiger partial charge on any atom is -0.491 e. The van der Waals surface area contributed by atoms with Gasteiger partial charge >= 0.3 is 0 Å². The zero-order valence-electron chi connectivity index (χ0n) is 20.0. The summed E-state index contributed by atoms with van der Waals surface area (Å²) in [4.78, 5) is 33.6. The van der Waals surface area contributed by atoms with Gasteiger partial charge in [-0.05, 0) is 25.0 Å². The predicted octanol–water partition coefficient (Wildman–Crippen LogP) is 3.50. The van der Waals surface area contributed by atoms with Crippen LogP contribution in [0.25, 0.3) is 0 Å². The summed E-state index contributed by atoms with van der Waals surface area (Å²) in [6.45, 7) is 8.42. The largest absolute Gasteiger partial charge is 0.491 e. The number of benzene rings is 1. The molecule has 0 saturated heterocycles. The molecule has 180 valence electrons. The zero-order chi connectivity index (χ0) is 24.0. The normalized spacial score (nSPS) is 22.6. The van der Waals surface area contributed by atoms with Crippen LogP contribution in [-0.4, -0.2) is 72.6 Å². The lowest BCUT2D eigenvalue weighted by Crippen LogP contribution is -2.46. The molecule has 1 aliphatic heterocycles. The van der Waals surface area contributed by atoms with Gasteiger partial charge in [0.1, 0.15) is 17.4 Å². The second-order valence-corrected chi connectivity index (χ2v) is 9.54. The maximum atomic E-state index is 13.3. The lowest BCUT2D eigenvalue weighted by atomic mass is 10.0. The summed E-state index contributed by atoms with van der Waals surface area (Å²) in [6.07, 6.45) is 2.08. The fraction of sp³-hybridized carbons (Fsp3) is 0.542. The molecule has 2 heterocycles. The molecule has 0 bridgehead atoms. The summed E-state index contributed by atoms with van der Waals surface area (Å²) in [5.41, 5.74) is 1.08. The summed E-state index contributed by atoms with van der Waals surface area (Å²) in [6, 6.07) is 5.26. The van der Waals surface area contributed by atoms with E-state index >= 15 is 0 Å². The minimum absolute atomic E-state index is 0.0721. The Balaban J connectivity index is 1.93. The van der Waals surface area contributed by atoms with E-state index in [1.54, 1.807) is 55.5 Å². The Morgan fingerprint density at radius 3 is 2.79 bits per heavy atom. The fourth-order valence-corrected chi connectivity index (χ4v) is 4.54. The van der Waals surface area contributed by atoms with Crippen LogP contribution in [0.15, 0.2) is 29.8 Å². The Morgan fingerprint density at radius 2 is 2.12 bits per heavy atom. The van der Waals surface area contributed by atoms with Crippen molar-refractivity contribution in [1.29, 1.82) is 0 Å². The van der Waals surface area contributed by atoms with E-state index in [0.29, 0.717) is 36.6 Å². The average Bonchev–Trinajstić information content (AvgIpc) is 3.32. The highest BCUT2D eigenvalue weighted by atomic mass is 32.1. The number of nitrogens with one attached hydrogen (secondary N) is 1. The van der Waals surface area contributed by atoms with Gasteiger partial charge in [0.15, 0.2) is 0 Å². The summed E-state index contributed by atoms with van der Waals surface area (Å²) in [7, 11) is 3.47. The number of amides is 2. The molecule has 9 heteroatoms. The van der Waals surface area contributed by atoms with Crippen molar-refractivity contribution in [1.82, 2.24) is 14.8 Å². The topological polar surface area (TPSA) is 84.0 Å². The molecule has 0 aliphatic carbocycles. The van der Waals surface area contributed by atoms with Crippen LogP contribution in [0.4, 0.5) is 5.69 Å². The van der Waals surface area contributed by atoms with Crippen molar-refractivity contribution in [2.45, 2.75) is 45.9 Å². The van der Waals surface area contributed by atoms with Crippen molar-refractivity contribution in [2.24, 2.45) is 5.92 Å². The smallest absolute Gasteiger partial charge is 0.257 e. The number of hydrogen-bond acceptors (Lipinski definition) is 7. The predicted molar refractivity (Wildman–Crippen MR) is 130 cm³/mol. The van der Waals surface area contributed by atoms with Gasteiger partial charge in [-0.2, -0.15) is 0 Å². The maximum Gasteiger partial charge on any atom is 0.257 e. The van der Waals surface area contributed by atoms with E-state index in [0.717, 1.165) is 18.1 Å². The number of methoxy groups -OCH3 is 1. The van der Waals surface area contributed by atoms with Crippen molar-refractivity contribution in [3.63, 3.8) is 0 Å². The molecule has 33 heavy (non-hydrogen) atoms.